The summed E-state index contributed by atoms with van der Waals surface area (Å²) in [7, 11) is 0. The van der Waals surface area contributed by atoms with Crippen LogP contribution in [0.3, 0.4) is 0 Å². The number of carbonyl (C=O) groups excluding carboxylic acids is 1. The Bertz CT molecular complexity index is 1130. The van der Waals surface area contributed by atoms with E-state index in [0.29, 0.717) is 29.5 Å². The molecule has 3 heterocycles. The van der Waals surface area contributed by atoms with Crippen LogP contribution in [0.2, 0.25) is 0 Å². The van der Waals surface area contributed by atoms with E-state index in [1.165, 1.54) is 6.07 Å². The van der Waals surface area contributed by atoms with Crippen LogP contribution in [-0.4, -0.2) is 40.0 Å². The summed E-state index contributed by atoms with van der Waals surface area (Å²) in [5, 5.41) is 11.7. The standard InChI is InChI=1S/C25H26FN5O2/c1-17-6-7-19(15-27-17)31-16-25(33-24(31)32)12-10-18(11-13-25)14-28-23-9-8-22(29-30-23)20-4-2-3-5-21(20)26/h2-9,15,18H,10-14,16H2,1H3,(H,28,30). The van der Waals surface area contributed by atoms with Crippen LogP contribution >= 0.6 is 0 Å². The molecule has 1 spiro atoms. The first-order valence-electron chi connectivity index (χ1n) is 11.3. The van der Waals surface area contributed by atoms with Crippen molar-refractivity contribution in [2.45, 2.75) is 38.2 Å². The van der Waals surface area contributed by atoms with Gasteiger partial charge in [-0.1, -0.05) is 12.1 Å². The normalized spacial score (nSPS) is 22.4. The molecule has 0 atom stereocenters. The number of halogens is 1. The predicted molar refractivity (Wildman–Crippen MR) is 123 cm³/mol. The number of ether oxygens (including phenoxy) is 1. The van der Waals surface area contributed by atoms with Crippen LogP contribution in [0.5, 0.6) is 0 Å². The third-order valence-electron chi connectivity index (χ3n) is 6.58. The van der Waals surface area contributed by atoms with Gasteiger partial charge in [0, 0.05) is 17.8 Å². The highest BCUT2D eigenvalue weighted by Crippen LogP contribution is 2.40. The number of hydrogen-bond donors (Lipinski definition) is 1. The molecule has 0 unspecified atom stereocenters. The topological polar surface area (TPSA) is 80.2 Å². The average molecular weight is 448 g/mol. The van der Waals surface area contributed by atoms with Gasteiger partial charge in [-0.25, -0.2) is 9.18 Å². The molecule has 3 aromatic rings. The monoisotopic (exact) mass is 447 g/mol. The lowest BCUT2D eigenvalue weighted by Crippen LogP contribution is -2.39. The van der Waals surface area contributed by atoms with E-state index in [2.05, 4.69) is 20.5 Å². The maximum atomic E-state index is 13.9. The average Bonchev–Trinajstić information content (AvgIpc) is 3.15. The number of rotatable bonds is 5. The van der Waals surface area contributed by atoms with Crippen molar-refractivity contribution in [3.05, 3.63) is 66.2 Å². The van der Waals surface area contributed by atoms with Crippen LogP contribution in [0, 0.1) is 18.7 Å². The van der Waals surface area contributed by atoms with Crippen LogP contribution in [0.4, 0.5) is 20.7 Å². The second-order valence-corrected chi connectivity index (χ2v) is 8.90. The fourth-order valence-electron chi connectivity index (χ4n) is 4.60. The predicted octanol–water partition coefficient (Wildman–Crippen LogP) is 4.98. The Hall–Kier alpha value is -3.55. The van der Waals surface area contributed by atoms with Gasteiger partial charge in [0.25, 0.3) is 0 Å². The largest absolute Gasteiger partial charge is 0.441 e. The highest BCUT2D eigenvalue weighted by molar-refractivity contribution is 5.90. The summed E-state index contributed by atoms with van der Waals surface area (Å²) in [5.41, 5.74) is 2.23. The van der Waals surface area contributed by atoms with Crippen LogP contribution in [0.25, 0.3) is 11.3 Å². The number of pyridine rings is 1. The van der Waals surface area contributed by atoms with E-state index < -0.39 is 5.60 Å². The Labute approximate surface area is 192 Å². The molecule has 1 amide bonds. The van der Waals surface area contributed by atoms with Gasteiger partial charge in [-0.2, -0.15) is 0 Å². The molecule has 1 aromatic carbocycles. The highest BCUT2D eigenvalue weighted by Gasteiger charge is 2.47. The molecule has 1 saturated heterocycles. The third kappa shape index (κ3) is 4.51. The molecule has 8 heteroatoms. The molecule has 2 aromatic heterocycles. The maximum absolute atomic E-state index is 13.9. The summed E-state index contributed by atoms with van der Waals surface area (Å²) < 4.78 is 19.8. The summed E-state index contributed by atoms with van der Waals surface area (Å²) in [6.07, 6.45) is 5.02. The van der Waals surface area contributed by atoms with Crippen molar-refractivity contribution in [3.8, 4) is 11.3 Å². The number of carbonyl (C=O) groups is 1. The Morgan fingerprint density at radius 3 is 2.64 bits per heavy atom. The van der Waals surface area contributed by atoms with Crippen molar-refractivity contribution in [1.29, 1.82) is 0 Å². The molecular formula is C25H26FN5O2. The van der Waals surface area contributed by atoms with E-state index >= 15 is 0 Å². The van der Waals surface area contributed by atoms with Crippen molar-refractivity contribution in [3.63, 3.8) is 0 Å². The molecule has 7 nitrogen and oxygen atoms in total. The molecule has 2 aliphatic rings. The molecule has 0 radical (unpaired) electrons. The van der Waals surface area contributed by atoms with Crippen molar-refractivity contribution in [2.75, 3.05) is 23.3 Å². The zero-order valence-corrected chi connectivity index (χ0v) is 18.5. The van der Waals surface area contributed by atoms with Crippen LogP contribution in [-0.2, 0) is 4.74 Å². The Balaban J connectivity index is 1.14. The summed E-state index contributed by atoms with van der Waals surface area (Å²) in [4.78, 5) is 18.5. The van der Waals surface area contributed by atoms with Gasteiger partial charge in [-0.3, -0.25) is 9.88 Å². The molecule has 1 aliphatic heterocycles. The van der Waals surface area contributed by atoms with E-state index in [1.807, 2.05) is 25.1 Å². The zero-order chi connectivity index (χ0) is 22.8. The van der Waals surface area contributed by atoms with Gasteiger partial charge < -0.3 is 10.1 Å². The van der Waals surface area contributed by atoms with Crippen molar-refractivity contribution in [2.24, 2.45) is 5.92 Å². The molecule has 33 heavy (non-hydrogen) atoms. The van der Waals surface area contributed by atoms with Crippen LogP contribution < -0.4 is 10.2 Å². The minimum atomic E-state index is -0.417. The summed E-state index contributed by atoms with van der Waals surface area (Å²) in [6.45, 7) is 3.26. The highest BCUT2D eigenvalue weighted by atomic mass is 19.1. The summed E-state index contributed by atoms with van der Waals surface area (Å²) in [6, 6.07) is 14.0. The summed E-state index contributed by atoms with van der Waals surface area (Å²) in [5.74, 6) is 0.812. The number of aromatic nitrogens is 3. The zero-order valence-electron chi connectivity index (χ0n) is 18.5. The third-order valence-corrected chi connectivity index (χ3v) is 6.58. The number of amides is 1. The Kier molecular flexibility index (Phi) is 5.66. The fraction of sp³-hybridized carbons (Fsp3) is 0.360. The SMILES string of the molecule is Cc1ccc(N2CC3(CCC(CNc4ccc(-c5ccccc5F)nn4)CC3)OC2=O)cn1. The van der Waals surface area contributed by atoms with Crippen LogP contribution in [0.15, 0.2) is 54.7 Å². The molecule has 170 valence electrons. The van der Waals surface area contributed by atoms with E-state index in [4.69, 9.17) is 4.74 Å². The Morgan fingerprint density at radius 2 is 1.94 bits per heavy atom. The van der Waals surface area contributed by atoms with Crippen molar-refractivity contribution < 1.29 is 13.9 Å². The number of aryl methyl sites for hydroxylation is 1. The number of anilines is 2. The molecule has 0 bridgehead atoms. The van der Waals surface area contributed by atoms with Crippen molar-refractivity contribution in [1.82, 2.24) is 15.2 Å². The minimum Gasteiger partial charge on any atom is -0.441 e. The van der Waals surface area contributed by atoms with Gasteiger partial charge in [-0.05, 0) is 74.9 Å². The van der Waals surface area contributed by atoms with E-state index in [0.717, 1.165) is 43.6 Å². The van der Waals surface area contributed by atoms with Gasteiger partial charge in [0.05, 0.1) is 24.1 Å². The Morgan fingerprint density at radius 1 is 1.12 bits per heavy atom. The quantitative estimate of drug-likeness (QED) is 0.594. The minimum absolute atomic E-state index is 0.289. The molecular weight excluding hydrogens is 421 g/mol. The maximum Gasteiger partial charge on any atom is 0.415 e. The molecule has 1 N–H and O–H groups in total. The first-order chi connectivity index (χ1) is 16.0. The van der Waals surface area contributed by atoms with Gasteiger partial charge in [0.1, 0.15) is 17.2 Å². The fourth-order valence-corrected chi connectivity index (χ4v) is 4.60. The van der Waals surface area contributed by atoms with Crippen molar-refractivity contribution >= 4 is 17.6 Å². The number of nitrogens with zero attached hydrogens (tertiary/aromatic N) is 4. The molecule has 1 saturated carbocycles. The lowest BCUT2D eigenvalue weighted by Gasteiger charge is -2.35. The van der Waals surface area contributed by atoms with E-state index in [-0.39, 0.29) is 11.9 Å². The smallest absolute Gasteiger partial charge is 0.415 e. The van der Waals surface area contributed by atoms with Gasteiger partial charge in [0.15, 0.2) is 0 Å². The van der Waals surface area contributed by atoms with Gasteiger partial charge in [-0.15, -0.1) is 10.2 Å². The number of hydrogen-bond acceptors (Lipinski definition) is 6. The van der Waals surface area contributed by atoms with Gasteiger partial charge in [0.2, 0.25) is 0 Å². The second-order valence-electron chi connectivity index (χ2n) is 8.90. The second kappa shape index (κ2) is 8.77. The van der Waals surface area contributed by atoms with E-state index in [9.17, 15) is 9.18 Å². The lowest BCUT2D eigenvalue weighted by atomic mass is 9.78. The molecule has 5 rings (SSSR count). The van der Waals surface area contributed by atoms with Crippen LogP contribution in [0.1, 0.15) is 31.4 Å². The number of nitrogens with one attached hydrogen (secondary N) is 1. The van der Waals surface area contributed by atoms with E-state index in [1.54, 1.807) is 35.4 Å². The molecule has 2 fully saturated rings. The molecule has 1 aliphatic carbocycles. The first-order valence-corrected chi connectivity index (χ1v) is 11.3. The summed E-state index contributed by atoms with van der Waals surface area (Å²) >= 11 is 0. The first kappa shape index (κ1) is 21.3. The van der Waals surface area contributed by atoms with Gasteiger partial charge >= 0.3 is 6.09 Å². The number of benzene rings is 1. The lowest BCUT2D eigenvalue weighted by molar-refractivity contribution is 0.0148.